The first-order valence-electron chi connectivity index (χ1n) is 7.97. The van der Waals surface area contributed by atoms with Crippen molar-refractivity contribution in [1.82, 2.24) is 5.32 Å². The Hall–Kier alpha value is -0.830. The molecule has 1 N–H and O–H groups in total. The number of unbranched alkanes of at least 4 members (excludes halogenated alkanes) is 5. The van der Waals surface area contributed by atoms with Crippen LogP contribution < -0.4 is 5.32 Å². The number of ether oxygens (including phenoxy) is 1. The van der Waals surface area contributed by atoms with Gasteiger partial charge in [-0.05, 0) is 53.5 Å². The van der Waals surface area contributed by atoms with Gasteiger partial charge in [0.15, 0.2) is 0 Å². The minimum absolute atomic E-state index is 0.0349. The lowest BCUT2D eigenvalue weighted by Crippen LogP contribution is -2.37. The molecule has 0 aromatic rings. The molecule has 20 heavy (non-hydrogen) atoms. The summed E-state index contributed by atoms with van der Waals surface area (Å²) >= 11 is 0. The maximum absolute atomic E-state index is 11.5. The fourth-order valence-corrected chi connectivity index (χ4v) is 1.85. The molecule has 0 aliphatic heterocycles. The van der Waals surface area contributed by atoms with Gasteiger partial charge in [0, 0.05) is 12.0 Å². The molecular weight excluding hydrogens is 250 g/mol. The average Bonchev–Trinajstić information content (AvgIpc) is 2.41. The smallest absolute Gasteiger partial charge is 0.305 e. The standard InChI is InChI=1S/C17H33NO2/c1-5-6-7-8-9-10-11-12-13-16(19)20-15-14-17(2,3)18-4/h5-6,18H,7-15H2,1-4H3. The van der Waals surface area contributed by atoms with E-state index in [9.17, 15) is 4.79 Å². The second kappa shape index (κ2) is 12.0. The van der Waals surface area contributed by atoms with Crippen LogP contribution in [0.1, 0.15) is 72.1 Å². The van der Waals surface area contributed by atoms with Crippen molar-refractivity contribution >= 4 is 5.97 Å². The summed E-state index contributed by atoms with van der Waals surface area (Å²) < 4.78 is 5.25. The van der Waals surface area contributed by atoms with Crippen LogP contribution in [0.4, 0.5) is 0 Å². The molecule has 0 unspecified atom stereocenters. The van der Waals surface area contributed by atoms with Gasteiger partial charge in [0.2, 0.25) is 0 Å². The van der Waals surface area contributed by atoms with Crippen LogP contribution >= 0.6 is 0 Å². The molecule has 0 amide bonds. The van der Waals surface area contributed by atoms with Gasteiger partial charge in [0.1, 0.15) is 0 Å². The molecule has 0 rings (SSSR count). The zero-order valence-electron chi connectivity index (χ0n) is 13.8. The quantitative estimate of drug-likeness (QED) is 0.331. The van der Waals surface area contributed by atoms with E-state index in [1.807, 2.05) is 7.05 Å². The molecule has 0 aromatic carbocycles. The van der Waals surface area contributed by atoms with Gasteiger partial charge in [-0.15, -0.1) is 0 Å². The van der Waals surface area contributed by atoms with E-state index in [4.69, 9.17) is 4.74 Å². The third-order valence-corrected chi connectivity index (χ3v) is 3.65. The highest BCUT2D eigenvalue weighted by atomic mass is 16.5. The molecule has 0 aliphatic carbocycles. The summed E-state index contributed by atoms with van der Waals surface area (Å²) in [5, 5.41) is 3.20. The van der Waals surface area contributed by atoms with Gasteiger partial charge in [0.25, 0.3) is 0 Å². The third kappa shape index (κ3) is 12.2. The highest BCUT2D eigenvalue weighted by Gasteiger charge is 2.15. The minimum atomic E-state index is -0.0502. The number of hydrogen-bond donors (Lipinski definition) is 1. The van der Waals surface area contributed by atoms with Crippen LogP contribution in [-0.2, 0) is 9.53 Å². The maximum atomic E-state index is 11.5. The van der Waals surface area contributed by atoms with Gasteiger partial charge in [-0.25, -0.2) is 0 Å². The van der Waals surface area contributed by atoms with Gasteiger partial charge in [-0.3, -0.25) is 4.79 Å². The van der Waals surface area contributed by atoms with Crippen LogP contribution in [0, 0.1) is 0 Å². The number of nitrogens with one attached hydrogen (secondary N) is 1. The van der Waals surface area contributed by atoms with E-state index in [2.05, 4.69) is 38.2 Å². The second-order valence-electron chi connectivity index (χ2n) is 5.98. The number of hydrogen-bond acceptors (Lipinski definition) is 3. The summed E-state index contributed by atoms with van der Waals surface area (Å²) in [6.45, 7) is 6.78. The zero-order valence-corrected chi connectivity index (χ0v) is 13.8. The number of esters is 1. The van der Waals surface area contributed by atoms with E-state index >= 15 is 0 Å². The fourth-order valence-electron chi connectivity index (χ4n) is 1.85. The third-order valence-electron chi connectivity index (χ3n) is 3.65. The molecule has 0 saturated carbocycles. The molecular formula is C17H33NO2. The largest absolute Gasteiger partial charge is 0.466 e. The minimum Gasteiger partial charge on any atom is -0.466 e. The van der Waals surface area contributed by atoms with Gasteiger partial charge >= 0.3 is 5.97 Å². The van der Waals surface area contributed by atoms with Crippen LogP contribution in [0.15, 0.2) is 12.2 Å². The van der Waals surface area contributed by atoms with Crippen LogP contribution in [0.2, 0.25) is 0 Å². The summed E-state index contributed by atoms with van der Waals surface area (Å²) in [5.41, 5.74) is 0.0349. The highest BCUT2D eigenvalue weighted by Crippen LogP contribution is 2.10. The summed E-state index contributed by atoms with van der Waals surface area (Å²) in [6.07, 6.45) is 12.7. The molecule has 0 saturated heterocycles. The number of carbonyl (C=O) groups is 1. The Balaban J connectivity index is 3.37. The summed E-state index contributed by atoms with van der Waals surface area (Å²) in [4.78, 5) is 11.5. The summed E-state index contributed by atoms with van der Waals surface area (Å²) in [5.74, 6) is -0.0502. The van der Waals surface area contributed by atoms with Crippen molar-refractivity contribution in [1.29, 1.82) is 0 Å². The van der Waals surface area contributed by atoms with E-state index in [0.29, 0.717) is 13.0 Å². The SMILES string of the molecule is CC=CCCCCCCCC(=O)OCCC(C)(C)NC. The van der Waals surface area contributed by atoms with Crippen LogP contribution in [0.5, 0.6) is 0 Å². The number of rotatable bonds is 12. The summed E-state index contributed by atoms with van der Waals surface area (Å²) in [6, 6.07) is 0. The predicted molar refractivity (Wildman–Crippen MR) is 85.8 cm³/mol. The van der Waals surface area contributed by atoms with Crippen LogP contribution in [-0.4, -0.2) is 25.2 Å². The Morgan fingerprint density at radius 1 is 1.15 bits per heavy atom. The van der Waals surface area contributed by atoms with E-state index in [1.54, 1.807) is 0 Å². The highest BCUT2D eigenvalue weighted by molar-refractivity contribution is 5.69. The Kier molecular flexibility index (Phi) is 11.5. The Morgan fingerprint density at radius 3 is 2.45 bits per heavy atom. The Bertz CT molecular complexity index is 272. The first kappa shape index (κ1) is 19.2. The van der Waals surface area contributed by atoms with Crippen molar-refractivity contribution in [3.05, 3.63) is 12.2 Å². The van der Waals surface area contributed by atoms with Gasteiger partial charge in [0.05, 0.1) is 6.61 Å². The fraction of sp³-hybridized carbons (Fsp3) is 0.824. The van der Waals surface area contributed by atoms with Crippen molar-refractivity contribution in [2.24, 2.45) is 0 Å². The number of carbonyl (C=O) groups excluding carboxylic acids is 1. The van der Waals surface area contributed by atoms with Crippen LogP contribution in [0.25, 0.3) is 0 Å². The zero-order chi connectivity index (χ0) is 15.3. The molecule has 0 atom stereocenters. The molecule has 0 bridgehead atoms. The van der Waals surface area contributed by atoms with Gasteiger partial charge < -0.3 is 10.1 Å². The molecule has 3 nitrogen and oxygen atoms in total. The van der Waals surface area contributed by atoms with Crippen molar-refractivity contribution in [2.45, 2.75) is 77.7 Å². The predicted octanol–water partition coefficient (Wildman–Crippen LogP) is 4.22. The topological polar surface area (TPSA) is 38.3 Å². The van der Waals surface area contributed by atoms with Crippen molar-refractivity contribution in [3.8, 4) is 0 Å². The second-order valence-corrected chi connectivity index (χ2v) is 5.98. The molecule has 0 aliphatic rings. The maximum Gasteiger partial charge on any atom is 0.305 e. The molecule has 0 radical (unpaired) electrons. The van der Waals surface area contributed by atoms with E-state index in [-0.39, 0.29) is 11.5 Å². The average molecular weight is 283 g/mol. The Labute approximate surface area is 125 Å². The monoisotopic (exact) mass is 283 g/mol. The molecule has 0 spiro atoms. The molecule has 0 aromatic heterocycles. The lowest BCUT2D eigenvalue weighted by atomic mass is 10.0. The number of allylic oxidation sites excluding steroid dienone is 2. The molecule has 0 fully saturated rings. The normalized spacial score (nSPS) is 12.0. The molecule has 3 heteroatoms. The Morgan fingerprint density at radius 2 is 1.80 bits per heavy atom. The lowest BCUT2D eigenvalue weighted by Gasteiger charge is -2.23. The van der Waals surface area contributed by atoms with Crippen molar-refractivity contribution < 1.29 is 9.53 Å². The molecule has 0 heterocycles. The van der Waals surface area contributed by atoms with Gasteiger partial charge in [-0.2, -0.15) is 0 Å². The first-order chi connectivity index (χ1) is 9.52. The van der Waals surface area contributed by atoms with E-state index in [0.717, 1.165) is 19.3 Å². The van der Waals surface area contributed by atoms with Gasteiger partial charge in [-0.1, -0.05) is 31.4 Å². The first-order valence-corrected chi connectivity index (χ1v) is 7.97. The summed E-state index contributed by atoms with van der Waals surface area (Å²) in [7, 11) is 1.93. The van der Waals surface area contributed by atoms with Crippen molar-refractivity contribution in [2.75, 3.05) is 13.7 Å². The van der Waals surface area contributed by atoms with E-state index < -0.39 is 0 Å². The van der Waals surface area contributed by atoms with Crippen molar-refractivity contribution in [3.63, 3.8) is 0 Å². The van der Waals surface area contributed by atoms with Crippen LogP contribution in [0.3, 0.4) is 0 Å². The van der Waals surface area contributed by atoms with E-state index in [1.165, 1.54) is 25.7 Å². The lowest BCUT2D eigenvalue weighted by molar-refractivity contribution is -0.144. The molecule has 118 valence electrons.